The molecule has 0 spiro atoms. The highest BCUT2D eigenvalue weighted by molar-refractivity contribution is 5.32. The van der Waals surface area contributed by atoms with Crippen LogP contribution < -0.4 is 5.32 Å². The predicted molar refractivity (Wildman–Crippen MR) is 316 cm³/mol. The van der Waals surface area contributed by atoms with E-state index in [-0.39, 0.29) is 32.5 Å². The fourth-order valence-corrected chi connectivity index (χ4v) is 8.13. The number of β-amino-alcohol motifs (C(OH)–C–C–N with tert-alkyl or cyclic N) is 3. The lowest BCUT2D eigenvalue weighted by atomic mass is 10.1. The van der Waals surface area contributed by atoms with Gasteiger partial charge in [-0.15, -0.1) is 5.10 Å². The number of aromatic hydroxyl groups is 1. The van der Waals surface area contributed by atoms with E-state index in [0.29, 0.717) is 19.0 Å². The maximum absolute atomic E-state index is 9.25. The molecule has 10 rings (SSSR count). The SMILES string of the molecule is CCCn1cnnn1.OC1Cc2ccccc2C1.OCCCc1ccccc1.OCCN1CCCCC1.OCCN1CCNCC1.OCCN1CCOCC1.OCCc1ccccc1.OCc1ccccc1.Oc1ccccc1. The van der Waals surface area contributed by atoms with Crippen LogP contribution in [0.3, 0.4) is 0 Å². The molecule has 3 saturated heterocycles. The molecule has 0 unspecified atom stereocenters. The van der Waals surface area contributed by atoms with Crippen LogP contribution in [0.5, 0.6) is 5.75 Å². The van der Waals surface area contributed by atoms with Crippen molar-refractivity contribution in [3.8, 4) is 5.75 Å². The van der Waals surface area contributed by atoms with E-state index in [2.05, 4.69) is 66.7 Å². The fraction of sp³-hybridized carbons (Fsp3) is 0.500. The molecule has 0 saturated carbocycles. The van der Waals surface area contributed by atoms with E-state index in [4.69, 9.17) is 40.5 Å². The topological polar surface area (TPSA) is 236 Å². The summed E-state index contributed by atoms with van der Waals surface area (Å²) < 4.78 is 6.83. The molecule has 4 heterocycles. The molecular formula is C62H96N8O9. The summed E-state index contributed by atoms with van der Waals surface area (Å²) in [5.41, 5.74) is 6.09. The van der Waals surface area contributed by atoms with Crippen molar-refractivity contribution in [3.05, 3.63) is 180 Å². The second kappa shape index (κ2) is 49.5. The van der Waals surface area contributed by atoms with Gasteiger partial charge in [-0.2, -0.15) is 0 Å². The number of fused-ring (bicyclic) bond motifs is 1. The summed E-state index contributed by atoms with van der Waals surface area (Å²) in [7, 11) is 0. The highest BCUT2D eigenvalue weighted by atomic mass is 16.5. The number of tetrazole rings is 1. The van der Waals surface area contributed by atoms with E-state index in [1.807, 2.05) is 97.1 Å². The molecular weight excluding hydrogens is 1000 g/mol. The van der Waals surface area contributed by atoms with Gasteiger partial charge in [0.25, 0.3) is 0 Å². The van der Waals surface area contributed by atoms with Crippen molar-refractivity contribution in [3.63, 3.8) is 0 Å². The van der Waals surface area contributed by atoms with Gasteiger partial charge >= 0.3 is 0 Å². The summed E-state index contributed by atoms with van der Waals surface area (Å²) in [4.78, 5) is 6.78. The highest BCUT2D eigenvalue weighted by Crippen LogP contribution is 2.21. The number of likely N-dealkylation sites (tertiary alicyclic amines) is 1. The number of aromatic nitrogens is 4. The lowest BCUT2D eigenvalue weighted by Crippen LogP contribution is -2.44. The Labute approximate surface area is 471 Å². The first kappa shape index (κ1) is 69.6. The number of morpholine rings is 1. The van der Waals surface area contributed by atoms with Gasteiger partial charge in [-0.3, -0.25) is 9.80 Å². The molecule has 79 heavy (non-hydrogen) atoms. The summed E-state index contributed by atoms with van der Waals surface area (Å²) in [6.07, 6.45) is 10.9. The minimum atomic E-state index is -0.127. The van der Waals surface area contributed by atoms with E-state index < -0.39 is 0 Å². The van der Waals surface area contributed by atoms with Crippen LogP contribution in [0, 0.1) is 0 Å². The Bertz CT molecular complexity index is 2090. The lowest BCUT2D eigenvalue weighted by molar-refractivity contribution is 0.0306. The van der Waals surface area contributed by atoms with Crippen molar-refractivity contribution in [1.29, 1.82) is 0 Å². The Hall–Kier alpha value is -5.51. The number of nitrogens with zero attached hydrogens (tertiary/aromatic N) is 7. The van der Waals surface area contributed by atoms with E-state index in [1.165, 1.54) is 54.6 Å². The Balaban J connectivity index is 0.000000304. The molecule has 0 amide bonds. The number of para-hydroxylation sites is 1. The van der Waals surface area contributed by atoms with Crippen molar-refractivity contribution in [2.75, 3.05) is 118 Å². The molecule has 0 radical (unpaired) electrons. The fourth-order valence-electron chi connectivity index (χ4n) is 8.13. The van der Waals surface area contributed by atoms with Crippen LogP contribution in [0.4, 0.5) is 0 Å². The average Bonchev–Trinajstić information content (AvgIpc) is 4.17. The minimum absolute atomic E-state index is 0.127. The summed E-state index contributed by atoms with van der Waals surface area (Å²) in [5.74, 6) is 0.322. The molecule has 1 aromatic heterocycles. The first-order chi connectivity index (χ1) is 38.8. The second-order valence-corrected chi connectivity index (χ2v) is 18.8. The Morgan fingerprint density at radius 1 is 0.506 bits per heavy atom. The molecule has 17 nitrogen and oxygen atoms in total. The minimum Gasteiger partial charge on any atom is -0.508 e. The zero-order chi connectivity index (χ0) is 57.1. The van der Waals surface area contributed by atoms with Crippen LogP contribution in [0.15, 0.2) is 152 Å². The van der Waals surface area contributed by atoms with E-state index >= 15 is 0 Å². The van der Waals surface area contributed by atoms with Crippen molar-refractivity contribution in [1.82, 2.24) is 40.2 Å². The van der Waals surface area contributed by atoms with Gasteiger partial charge in [-0.05, 0) is 115 Å². The maximum Gasteiger partial charge on any atom is 0.138 e. The number of benzene rings is 5. The number of aliphatic hydroxyl groups is 7. The number of piperidine rings is 1. The van der Waals surface area contributed by atoms with Gasteiger partial charge in [0.1, 0.15) is 12.1 Å². The first-order valence-electron chi connectivity index (χ1n) is 28.2. The van der Waals surface area contributed by atoms with Crippen LogP contribution >= 0.6 is 0 Å². The van der Waals surface area contributed by atoms with Crippen LogP contribution in [-0.2, 0) is 43.6 Å². The molecule has 3 aliphatic heterocycles. The smallest absolute Gasteiger partial charge is 0.138 e. The molecule has 0 atom stereocenters. The summed E-state index contributed by atoms with van der Waals surface area (Å²) in [6.45, 7) is 17.3. The Kier molecular flexibility index (Phi) is 43.6. The Morgan fingerprint density at radius 2 is 0.962 bits per heavy atom. The van der Waals surface area contributed by atoms with Gasteiger partial charge in [-0.1, -0.05) is 147 Å². The van der Waals surface area contributed by atoms with Gasteiger partial charge in [-0.25, -0.2) is 4.68 Å². The van der Waals surface area contributed by atoms with Gasteiger partial charge in [0, 0.05) is 78.7 Å². The number of hydrogen-bond donors (Lipinski definition) is 9. The number of aliphatic hydroxyl groups excluding tert-OH is 7. The third kappa shape index (κ3) is 37.9. The standard InChI is InChI=1S/C9H10O.C9H12O.C8H10O.C7H15NO.C7H8O.C6H14N2O.C6H13NO2.C6H6O.C4H8N4/c10-9-5-7-3-1-2-4-8(7)6-9;10-8-4-7-9-5-2-1-3-6-9;2*9-7-6-8-4-2-1-3-5-8;8-6-7-4-2-1-3-5-7;9-6-5-8-3-1-7-2-4-8;8-4-1-7-2-5-9-6-3-7;7-6-4-2-1-3-5-6;1-2-3-8-4-5-6-7-8/h1-4,9-10H,5-6H2;1-3,5-6,10H,4,7-8H2;1-5,9H,6-7H2;9H,1-7H2;1-5,8H,6H2;7,9H,1-6H2;8H,1-6H2;1-5,7H;4H,2-3H2,1H3. The van der Waals surface area contributed by atoms with Crippen molar-refractivity contribution < 1.29 is 45.6 Å². The lowest BCUT2D eigenvalue weighted by Gasteiger charge is -2.25. The van der Waals surface area contributed by atoms with Crippen LogP contribution in [-0.4, -0.2) is 200 Å². The molecule has 6 aromatic rings. The molecule has 9 N–H and O–H groups in total. The predicted octanol–water partition coefficient (Wildman–Crippen LogP) is 5.29. The normalized spacial score (nSPS) is 14.8. The van der Waals surface area contributed by atoms with E-state index in [9.17, 15) is 5.11 Å². The number of ether oxygens (including phenoxy) is 1. The second-order valence-electron chi connectivity index (χ2n) is 18.8. The summed E-state index contributed by atoms with van der Waals surface area (Å²) in [6, 6.07) is 46.6. The molecule has 4 aliphatic rings. The number of piperazine rings is 1. The maximum atomic E-state index is 9.25. The summed E-state index contributed by atoms with van der Waals surface area (Å²) >= 11 is 0. The first-order valence-corrected chi connectivity index (χ1v) is 28.2. The quantitative estimate of drug-likeness (QED) is 0.0674. The molecule has 17 heteroatoms. The molecule has 1 aliphatic carbocycles. The van der Waals surface area contributed by atoms with Crippen LogP contribution in [0.25, 0.3) is 0 Å². The van der Waals surface area contributed by atoms with Gasteiger partial charge < -0.3 is 55.8 Å². The third-order valence-corrected chi connectivity index (χ3v) is 12.4. The van der Waals surface area contributed by atoms with E-state index in [1.54, 1.807) is 35.3 Å². The summed E-state index contributed by atoms with van der Waals surface area (Å²) in [5, 5.41) is 83.0. The van der Waals surface area contributed by atoms with E-state index in [0.717, 1.165) is 123 Å². The van der Waals surface area contributed by atoms with Crippen molar-refractivity contribution >= 4 is 0 Å². The third-order valence-electron chi connectivity index (χ3n) is 12.4. The monoisotopic (exact) mass is 1100 g/mol. The molecule has 438 valence electrons. The van der Waals surface area contributed by atoms with Gasteiger partial charge in [0.05, 0.1) is 45.7 Å². The number of aryl methyl sites for hydroxylation is 2. The zero-order valence-electron chi connectivity index (χ0n) is 47.1. The number of hydrogen-bond acceptors (Lipinski definition) is 16. The highest BCUT2D eigenvalue weighted by Gasteiger charge is 2.17. The largest absolute Gasteiger partial charge is 0.508 e. The molecule has 0 bridgehead atoms. The zero-order valence-corrected chi connectivity index (χ0v) is 47.1. The number of phenolic OH excluding ortho intramolecular Hbond substituents is 1. The molecule has 5 aromatic carbocycles. The van der Waals surface area contributed by atoms with Crippen LogP contribution in [0.2, 0.25) is 0 Å². The van der Waals surface area contributed by atoms with Crippen LogP contribution in [0.1, 0.15) is 66.8 Å². The Morgan fingerprint density at radius 3 is 1.37 bits per heavy atom. The number of rotatable bonds is 14. The van der Waals surface area contributed by atoms with Crippen molar-refractivity contribution in [2.24, 2.45) is 0 Å². The van der Waals surface area contributed by atoms with Gasteiger partial charge in [0.15, 0.2) is 0 Å². The van der Waals surface area contributed by atoms with Gasteiger partial charge in [0.2, 0.25) is 0 Å². The molecule has 3 fully saturated rings. The number of nitrogens with one attached hydrogen (secondary N) is 1. The average molecular weight is 1100 g/mol. The number of phenols is 1. The van der Waals surface area contributed by atoms with Crippen molar-refractivity contribution in [2.45, 2.75) is 84.0 Å².